The van der Waals surface area contributed by atoms with Crippen LogP contribution < -0.4 is 11.1 Å². The number of hydrogen-bond acceptors (Lipinski definition) is 2. The van der Waals surface area contributed by atoms with Gasteiger partial charge < -0.3 is 11.1 Å². The summed E-state index contributed by atoms with van der Waals surface area (Å²) in [5.41, 5.74) is 3.63. The Morgan fingerprint density at radius 2 is 1.95 bits per heavy atom. The van der Waals surface area contributed by atoms with Gasteiger partial charge in [0.15, 0.2) is 0 Å². The van der Waals surface area contributed by atoms with Crippen LogP contribution in [0.3, 0.4) is 0 Å². The van der Waals surface area contributed by atoms with Crippen molar-refractivity contribution in [2.45, 2.75) is 37.9 Å². The van der Waals surface area contributed by atoms with E-state index in [1.165, 1.54) is 0 Å². The zero-order valence-electron chi connectivity index (χ0n) is 11.9. The molecule has 2 unspecified atom stereocenters. The fourth-order valence-corrected chi connectivity index (χ4v) is 2.85. The largest absolute Gasteiger partial charge is 0.419 e. The number of carbonyl (C=O) groups is 1. The van der Waals surface area contributed by atoms with Crippen LogP contribution in [0.1, 0.15) is 41.6 Å². The van der Waals surface area contributed by atoms with Gasteiger partial charge in [-0.2, -0.15) is 13.2 Å². The third-order valence-corrected chi connectivity index (χ3v) is 4.08. The van der Waals surface area contributed by atoms with E-state index >= 15 is 0 Å². The summed E-state index contributed by atoms with van der Waals surface area (Å²) in [6, 6.07) is 2.48. The lowest BCUT2D eigenvalue weighted by Gasteiger charge is -2.31. The van der Waals surface area contributed by atoms with Crippen LogP contribution in [0, 0.1) is 11.7 Å². The number of nitrogens with two attached hydrogens (primary N) is 1. The highest BCUT2D eigenvalue weighted by molar-refractivity contribution is 5.95. The molecule has 22 heavy (non-hydrogen) atoms. The van der Waals surface area contributed by atoms with Crippen LogP contribution in [0.4, 0.5) is 17.6 Å². The van der Waals surface area contributed by atoms with Crippen molar-refractivity contribution in [2.24, 2.45) is 11.7 Å². The number of rotatable bonds is 3. The molecule has 1 saturated carbocycles. The lowest BCUT2D eigenvalue weighted by atomic mass is 9.84. The summed E-state index contributed by atoms with van der Waals surface area (Å²) in [4.78, 5) is 12.1. The molecule has 1 aliphatic carbocycles. The molecule has 1 aromatic carbocycles. The summed E-state index contributed by atoms with van der Waals surface area (Å²) in [6.45, 7) is 0.385. The third-order valence-electron chi connectivity index (χ3n) is 4.08. The third kappa shape index (κ3) is 3.58. The number of carbonyl (C=O) groups excluding carboxylic acids is 1. The van der Waals surface area contributed by atoms with Crippen LogP contribution in [0.15, 0.2) is 18.2 Å². The predicted octanol–water partition coefficient (Wildman–Crippen LogP) is 3.09. The highest BCUT2D eigenvalue weighted by Gasteiger charge is 2.36. The molecule has 3 N–H and O–H groups in total. The van der Waals surface area contributed by atoms with Crippen molar-refractivity contribution >= 4 is 5.91 Å². The molecule has 3 nitrogen and oxygen atoms in total. The van der Waals surface area contributed by atoms with Gasteiger partial charge in [0.2, 0.25) is 0 Å². The lowest BCUT2D eigenvalue weighted by Crippen LogP contribution is -2.45. The molecule has 7 heteroatoms. The Kier molecular flexibility index (Phi) is 5.05. The highest BCUT2D eigenvalue weighted by Crippen LogP contribution is 2.32. The van der Waals surface area contributed by atoms with Gasteiger partial charge in [0.1, 0.15) is 5.82 Å². The van der Waals surface area contributed by atoms with Gasteiger partial charge in [0.25, 0.3) is 5.91 Å². The first-order valence-corrected chi connectivity index (χ1v) is 7.21. The Morgan fingerprint density at radius 1 is 1.27 bits per heavy atom. The summed E-state index contributed by atoms with van der Waals surface area (Å²) < 4.78 is 52.0. The second kappa shape index (κ2) is 6.64. The second-order valence-corrected chi connectivity index (χ2v) is 5.53. The Balaban J connectivity index is 2.19. The van der Waals surface area contributed by atoms with E-state index in [9.17, 15) is 22.4 Å². The van der Waals surface area contributed by atoms with Crippen molar-refractivity contribution in [1.82, 2.24) is 5.32 Å². The molecule has 0 saturated heterocycles. The van der Waals surface area contributed by atoms with Crippen molar-refractivity contribution in [3.63, 3.8) is 0 Å². The molecule has 122 valence electrons. The molecule has 1 aliphatic rings. The van der Waals surface area contributed by atoms with E-state index in [2.05, 4.69) is 5.32 Å². The molecular formula is C15H18F4N2O. The van der Waals surface area contributed by atoms with Crippen LogP contribution in [-0.4, -0.2) is 18.5 Å². The number of amides is 1. The van der Waals surface area contributed by atoms with Gasteiger partial charge in [-0.15, -0.1) is 0 Å². The zero-order chi connectivity index (χ0) is 16.3. The molecule has 0 radical (unpaired) electrons. The maximum Gasteiger partial charge on any atom is 0.419 e. The van der Waals surface area contributed by atoms with Crippen LogP contribution >= 0.6 is 0 Å². The Morgan fingerprint density at radius 3 is 2.59 bits per heavy atom. The molecule has 1 aromatic rings. The summed E-state index contributed by atoms with van der Waals surface area (Å²) >= 11 is 0. The van der Waals surface area contributed by atoms with Gasteiger partial charge >= 0.3 is 6.18 Å². The van der Waals surface area contributed by atoms with Gasteiger partial charge in [0.05, 0.1) is 11.1 Å². The van der Waals surface area contributed by atoms with Crippen LogP contribution in [0.2, 0.25) is 0 Å². The van der Waals surface area contributed by atoms with Gasteiger partial charge in [-0.3, -0.25) is 4.79 Å². The van der Waals surface area contributed by atoms with Crippen molar-refractivity contribution in [3.8, 4) is 0 Å². The second-order valence-electron chi connectivity index (χ2n) is 5.53. The normalized spacial score (nSPS) is 22.4. The molecule has 2 atom stereocenters. The van der Waals surface area contributed by atoms with E-state index < -0.39 is 29.0 Å². The summed E-state index contributed by atoms with van der Waals surface area (Å²) in [6.07, 6.45) is -1.36. The average Bonchev–Trinajstić information content (AvgIpc) is 2.46. The molecule has 0 bridgehead atoms. The van der Waals surface area contributed by atoms with Crippen molar-refractivity contribution in [2.75, 3.05) is 6.54 Å². The Hall–Kier alpha value is -1.63. The van der Waals surface area contributed by atoms with E-state index in [1.807, 2.05) is 0 Å². The fraction of sp³-hybridized carbons (Fsp3) is 0.533. The minimum absolute atomic E-state index is 0.0755. The summed E-state index contributed by atoms with van der Waals surface area (Å²) in [7, 11) is 0. The van der Waals surface area contributed by atoms with E-state index in [0.29, 0.717) is 19.0 Å². The van der Waals surface area contributed by atoms with Gasteiger partial charge in [0, 0.05) is 6.04 Å². The van der Waals surface area contributed by atoms with E-state index in [1.54, 1.807) is 0 Å². The molecule has 0 aromatic heterocycles. The first-order valence-electron chi connectivity index (χ1n) is 7.21. The van der Waals surface area contributed by atoms with Crippen LogP contribution in [0.25, 0.3) is 0 Å². The Labute approximate surface area is 125 Å². The van der Waals surface area contributed by atoms with E-state index in [4.69, 9.17) is 5.73 Å². The summed E-state index contributed by atoms with van der Waals surface area (Å²) in [5, 5.41) is 2.63. The molecule has 1 amide bonds. The zero-order valence-corrected chi connectivity index (χ0v) is 11.9. The molecular weight excluding hydrogens is 300 g/mol. The van der Waals surface area contributed by atoms with Crippen molar-refractivity contribution < 1.29 is 22.4 Å². The molecule has 2 rings (SSSR count). The first-order chi connectivity index (χ1) is 10.3. The van der Waals surface area contributed by atoms with Gasteiger partial charge in [-0.1, -0.05) is 18.9 Å². The molecule has 0 heterocycles. The predicted molar refractivity (Wildman–Crippen MR) is 73.7 cm³/mol. The SMILES string of the molecule is NCC1CCCCC1NC(=O)c1cccc(C(F)(F)F)c1F. The molecule has 0 spiro atoms. The van der Waals surface area contributed by atoms with E-state index in [0.717, 1.165) is 31.4 Å². The monoisotopic (exact) mass is 318 g/mol. The van der Waals surface area contributed by atoms with Gasteiger partial charge in [-0.05, 0) is 37.4 Å². The topological polar surface area (TPSA) is 55.1 Å². The number of benzene rings is 1. The first kappa shape index (κ1) is 16.7. The number of halogens is 4. The summed E-state index contributed by atoms with van der Waals surface area (Å²) in [5.74, 6) is -2.28. The fourth-order valence-electron chi connectivity index (χ4n) is 2.85. The van der Waals surface area contributed by atoms with Crippen LogP contribution in [-0.2, 0) is 6.18 Å². The van der Waals surface area contributed by atoms with Crippen molar-refractivity contribution in [1.29, 1.82) is 0 Å². The number of hydrogen-bond donors (Lipinski definition) is 2. The van der Waals surface area contributed by atoms with E-state index in [-0.39, 0.29) is 12.0 Å². The number of nitrogens with one attached hydrogen (secondary N) is 1. The van der Waals surface area contributed by atoms with Crippen molar-refractivity contribution in [3.05, 3.63) is 35.1 Å². The van der Waals surface area contributed by atoms with Crippen LogP contribution in [0.5, 0.6) is 0 Å². The minimum Gasteiger partial charge on any atom is -0.349 e. The maximum absolute atomic E-state index is 13.9. The highest BCUT2D eigenvalue weighted by atomic mass is 19.4. The Bertz CT molecular complexity index is 545. The lowest BCUT2D eigenvalue weighted by molar-refractivity contribution is -0.140. The quantitative estimate of drug-likeness (QED) is 0.842. The molecule has 1 fully saturated rings. The standard InChI is InChI=1S/C15H18F4N2O/c16-13-10(5-3-6-11(13)15(17,18)19)14(22)21-12-7-2-1-4-9(12)8-20/h3,5-6,9,12H,1-2,4,7-8,20H2,(H,21,22). The average molecular weight is 318 g/mol. The molecule has 0 aliphatic heterocycles. The smallest absolute Gasteiger partial charge is 0.349 e. The van der Waals surface area contributed by atoms with Gasteiger partial charge in [-0.25, -0.2) is 4.39 Å². The minimum atomic E-state index is -4.83. The maximum atomic E-state index is 13.9. The number of alkyl halides is 3.